The van der Waals surface area contributed by atoms with Crippen LogP contribution in [-0.4, -0.2) is 5.75 Å². The summed E-state index contributed by atoms with van der Waals surface area (Å²) in [5, 5.41) is 0. The SMILES string of the molecule is CCCCCCCCCCCCCCCCSc1ccccc1N.Cl. The highest BCUT2D eigenvalue weighted by Crippen LogP contribution is 2.25. The van der Waals surface area contributed by atoms with Gasteiger partial charge in [0.15, 0.2) is 0 Å². The van der Waals surface area contributed by atoms with Crippen molar-refractivity contribution in [2.24, 2.45) is 0 Å². The van der Waals surface area contributed by atoms with Crippen LogP contribution in [0.25, 0.3) is 0 Å². The predicted octanol–water partition coefficient (Wildman–Crippen LogP) is 8.26. The summed E-state index contributed by atoms with van der Waals surface area (Å²) in [6.07, 6.45) is 19.9. The van der Waals surface area contributed by atoms with Crippen LogP contribution in [0, 0.1) is 0 Å². The Labute approximate surface area is 167 Å². The molecule has 0 unspecified atom stereocenters. The Morgan fingerprint density at radius 2 is 1.12 bits per heavy atom. The van der Waals surface area contributed by atoms with Crippen LogP contribution in [0.5, 0.6) is 0 Å². The van der Waals surface area contributed by atoms with E-state index in [9.17, 15) is 0 Å². The van der Waals surface area contributed by atoms with Gasteiger partial charge in [-0.25, -0.2) is 0 Å². The smallest absolute Gasteiger partial charge is 0.0452 e. The molecule has 146 valence electrons. The molecule has 3 heteroatoms. The van der Waals surface area contributed by atoms with Gasteiger partial charge in [0.25, 0.3) is 0 Å². The molecule has 0 aliphatic heterocycles. The molecule has 0 spiro atoms. The van der Waals surface area contributed by atoms with Crippen molar-refractivity contribution in [1.82, 2.24) is 0 Å². The van der Waals surface area contributed by atoms with Crippen molar-refractivity contribution in [2.45, 2.75) is 102 Å². The van der Waals surface area contributed by atoms with Gasteiger partial charge in [0, 0.05) is 10.6 Å². The van der Waals surface area contributed by atoms with Crippen LogP contribution < -0.4 is 5.73 Å². The predicted molar refractivity (Wildman–Crippen MR) is 119 cm³/mol. The number of hydrogen-bond donors (Lipinski definition) is 1. The van der Waals surface area contributed by atoms with E-state index in [1.54, 1.807) is 0 Å². The van der Waals surface area contributed by atoms with Crippen LogP contribution in [0.3, 0.4) is 0 Å². The first-order chi connectivity index (χ1) is 11.8. The normalized spacial score (nSPS) is 10.6. The number of rotatable bonds is 16. The van der Waals surface area contributed by atoms with Gasteiger partial charge in [0.1, 0.15) is 0 Å². The summed E-state index contributed by atoms with van der Waals surface area (Å²) < 4.78 is 0. The molecule has 1 aromatic rings. The summed E-state index contributed by atoms with van der Waals surface area (Å²) in [4.78, 5) is 1.24. The zero-order chi connectivity index (χ0) is 17.3. The molecule has 0 aliphatic carbocycles. The molecule has 0 radical (unpaired) electrons. The zero-order valence-corrected chi connectivity index (χ0v) is 17.9. The number of para-hydroxylation sites is 1. The standard InChI is InChI=1S/C22H39NS.ClH/c1-2-3-4-5-6-7-8-9-10-11-12-13-14-17-20-24-22-19-16-15-18-21(22)23;/h15-16,18-19H,2-14,17,20,23H2,1H3;1H. The second-order valence-corrected chi connectivity index (χ2v) is 8.12. The maximum absolute atomic E-state index is 5.96. The number of anilines is 1. The van der Waals surface area contributed by atoms with E-state index in [1.165, 1.54) is 101 Å². The van der Waals surface area contributed by atoms with E-state index in [1.807, 2.05) is 23.9 Å². The van der Waals surface area contributed by atoms with Crippen LogP contribution in [-0.2, 0) is 0 Å². The Morgan fingerprint density at radius 3 is 1.60 bits per heavy atom. The number of hydrogen-bond acceptors (Lipinski definition) is 2. The van der Waals surface area contributed by atoms with Crippen LogP contribution in [0.2, 0.25) is 0 Å². The fraction of sp³-hybridized carbons (Fsp3) is 0.727. The summed E-state index contributed by atoms with van der Waals surface area (Å²) in [6.45, 7) is 2.29. The summed E-state index contributed by atoms with van der Waals surface area (Å²) >= 11 is 1.91. The van der Waals surface area contributed by atoms with Gasteiger partial charge >= 0.3 is 0 Å². The van der Waals surface area contributed by atoms with Gasteiger partial charge in [-0.3, -0.25) is 0 Å². The number of nitrogen functional groups attached to an aromatic ring is 1. The maximum atomic E-state index is 5.96. The van der Waals surface area contributed by atoms with Crippen LogP contribution >= 0.6 is 24.2 Å². The lowest BCUT2D eigenvalue weighted by molar-refractivity contribution is 0.538. The highest BCUT2D eigenvalue weighted by molar-refractivity contribution is 7.99. The number of thioether (sulfide) groups is 1. The minimum Gasteiger partial charge on any atom is -0.398 e. The molecule has 0 aliphatic rings. The lowest BCUT2D eigenvalue weighted by atomic mass is 10.0. The molecule has 0 saturated heterocycles. The van der Waals surface area contributed by atoms with Crippen LogP contribution in [0.1, 0.15) is 96.8 Å². The molecule has 1 rings (SSSR count). The average molecular weight is 386 g/mol. The van der Waals surface area contributed by atoms with Gasteiger partial charge in [0.05, 0.1) is 0 Å². The minimum absolute atomic E-state index is 0. The largest absolute Gasteiger partial charge is 0.398 e. The molecule has 1 aromatic carbocycles. The molecule has 2 N–H and O–H groups in total. The topological polar surface area (TPSA) is 26.0 Å². The highest BCUT2D eigenvalue weighted by Gasteiger charge is 1.98. The third-order valence-corrected chi connectivity index (χ3v) is 5.85. The van der Waals surface area contributed by atoms with Crippen molar-refractivity contribution in [2.75, 3.05) is 11.5 Å². The van der Waals surface area contributed by atoms with Gasteiger partial charge < -0.3 is 5.73 Å². The minimum atomic E-state index is 0. The summed E-state index contributed by atoms with van der Waals surface area (Å²) in [7, 11) is 0. The molecule has 1 nitrogen and oxygen atoms in total. The Bertz CT molecular complexity index is 397. The molecular weight excluding hydrogens is 346 g/mol. The zero-order valence-electron chi connectivity index (χ0n) is 16.3. The van der Waals surface area contributed by atoms with E-state index in [-0.39, 0.29) is 12.4 Å². The third-order valence-electron chi connectivity index (χ3n) is 4.67. The van der Waals surface area contributed by atoms with E-state index in [4.69, 9.17) is 5.73 Å². The fourth-order valence-corrected chi connectivity index (χ4v) is 4.07. The highest BCUT2D eigenvalue weighted by atomic mass is 35.5. The van der Waals surface area contributed by atoms with E-state index >= 15 is 0 Å². The Morgan fingerprint density at radius 1 is 0.680 bits per heavy atom. The quantitative estimate of drug-likeness (QED) is 0.176. The lowest BCUT2D eigenvalue weighted by Gasteiger charge is -2.05. The van der Waals surface area contributed by atoms with Crippen molar-refractivity contribution in [3.8, 4) is 0 Å². The number of unbranched alkanes of at least 4 members (excludes halogenated alkanes) is 13. The second kappa shape index (κ2) is 18.5. The van der Waals surface area contributed by atoms with Gasteiger partial charge in [-0.15, -0.1) is 24.2 Å². The summed E-state index contributed by atoms with van der Waals surface area (Å²) in [5.74, 6) is 1.20. The van der Waals surface area contributed by atoms with Crippen LogP contribution in [0.15, 0.2) is 29.2 Å². The molecular formula is C22H40ClNS. The molecule has 0 bridgehead atoms. The molecule has 0 saturated carbocycles. The first-order valence-corrected chi connectivity index (χ1v) is 11.3. The third kappa shape index (κ3) is 14.5. The van der Waals surface area contributed by atoms with Gasteiger partial charge in [-0.2, -0.15) is 0 Å². The maximum Gasteiger partial charge on any atom is 0.0452 e. The van der Waals surface area contributed by atoms with E-state index in [2.05, 4.69) is 19.1 Å². The number of benzene rings is 1. The van der Waals surface area contributed by atoms with Gasteiger partial charge in [0.2, 0.25) is 0 Å². The van der Waals surface area contributed by atoms with E-state index in [0.717, 1.165) is 5.69 Å². The van der Waals surface area contributed by atoms with E-state index in [0.29, 0.717) is 0 Å². The monoisotopic (exact) mass is 385 g/mol. The van der Waals surface area contributed by atoms with Crippen molar-refractivity contribution < 1.29 is 0 Å². The molecule has 25 heavy (non-hydrogen) atoms. The summed E-state index contributed by atoms with van der Waals surface area (Å²) in [5.41, 5.74) is 6.88. The molecule has 0 heterocycles. The van der Waals surface area contributed by atoms with Crippen molar-refractivity contribution in [3.63, 3.8) is 0 Å². The van der Waals surface area contributed by atoms with Gasteiger partial charge in [-0.1, -0.05) is 103 Å². The van der Waals surface area contributed by atoms with Crippen molar-refractivity contribution in [1.29, 1.82) is 0 Å². The van der Waals surface area contributed by atoms with Crippen LogP contribution in [0.4, 0.5) is 5.69 Å². The summed E-state index contributed by atoms with van der Waals surface area (Å²) in [6, 6.07) is 8.20. The first-order valence-electron chi connectivity index (χ1n) is 10.3. The molecule has 0 aromatic heterocycles. The Kier molecular flexibility index (Phi) is 18.2. The molecule has 0 amide bonds. The average Bonchev–Trinajstić information content (AvgIpc) is 2.60. The fourth-order valence-electron chi connectivity index (χ4n) is 3.09. The van der Waals surface area contributed by atoms with E-state index < -0.39 is 0 Å². The number of halogens is 1. The Hall–Kier alpha value is -0.340. The second-order valence-electron chi connectivity index (χ2n) is 6.98. The number of nitrogens with two attached hydrogens (primary N) is 1. The van der Waals surface area contributed by atoms with Crippen molar-refractivity contribution in [3.05, 3.63) is 24.3 Å². The van der Waals surface area contributed by atoms with Crippen molar-refractivity contribution >= 4 is 29.9 Å². The lowest BCUT2D eigenvalue weighted by Crippen LogP contribution is -1.89. The first kappa shape index (κ1) is 24.7. The Balaban J connectivity index is 0.00000576. The molecule has 0 fully saturated rings. The molecule has 0 atom stereocenters. The van der Waals surface area contributed by atoms with Gasteiger partial charge in [-0.05, 0) is 24.3 Å².